The number of benzene rings is 1. The minimum Gasteiger partial charge on any atom is -0.325 e. The van der Waals surface area contributed by atoms with Crippen LogP contribution in [0.2, 0.25) is 0 Å². The van der Waals surface area contributed by atoms with Gasteiger partial charge >= 0.3 is 0 Å². The van der Waals surface area contributed by atoms with Gasteiger partial charge in [0.05, 0.1) is 0 Å². The van der Waals surface area contributed by atoms with E-state index in [9.17, 15) is 0 Å². The van der Waals surface area contributed by atoms with Gasteiger partial charge in [-0.2, -0.15) is 0 Å². The maximum Gasteiger partial charge on any atom is 0.0192 e. The third kappa shape index (κ3) is 4.05. The van der Waals surface area contributed by atoms with E-state index in [1.54, 1.807) is 0 Å². The molecule has 2 N–H and O–H groups in total. The van der Waals surface area contributed by atoms with Crippen molar-refractivity contribution in [3.8, 4) is 0 Å². The monoisotopic (exact) mass is 205 g/mol. The van der Waals surface area contributed by atoms with Gasteiger partial charge in [-0.15, -0.1) is 0 Å². The van der Waals surface area contributed by atoms with Crippen molar-refractivity contribution < 1.29 is 0 Å². The largest absolute Gasteiger partial charge is 0.325 e. The van der Waals surface area contributed by atoms with Gasteiger partial charge in [0, 0.05) is 5.54 Å². The van der Waals surface area contributed by atoms with Gasteiger partial charge in [0.2, 0.25) is 0 Å². The van der Waals surface area contributed by atoms with Gasteiger partial charge in [0.1, 0.15) is 0 Å². The molecule has 0 fully saturated rings. The molecule has 0 spiro atoms. The highest BCUT2D eigenvalue weighted by molar-refractivity contribution is 5.17. The summed E-state index contributed by atoms with van der Waals surface area (Å²) < 4.78 is 0. The summed E-state index contributed by atoms with van der Waals surface area (Å²) in [4.78, 5) is 0. The predicted molar refractivity (Wildman–Crippen MR) is 66.9 cm³/mol. The Morgan fingerprint density at radius 2 is 1.80 bits per heavy atom. The highest BCUT2D eigenvalue weighted by Gasteiger charge is 2.21. The second-order valence-corrected chi connectivity index (χ2v) is 4.48. The molecule has 1 unspecified atom stereocenters. The molecule has 0 saturated carbocycles. The van der Waals surface area contributed by atoms with Crippen LogP contribution in [0.1, 0.15) is 45.1 Å². The lowest BCUT2D eigenvalue weighted by atomic mass is 9.85. The molecule has 0 bridgehead atoms. The van der Waals surface area contributed by atoms with Crippen molar-refractivity contribution in [3.63, 3.8) is 0 Å². The lowest BCUT2D eigenvalue weighted by Gasteiger charge is -2.28. The molecule has 1 heteroatoms. The minimum atomic E-state index is -0.00262. The van der Waals surface area contributed by atoms with E-state index in [4.69, 9.17) is 5.73 Å². The Bertz CT molecular complexity index is 268. The Labute approximate surface area is 93.7 Å². The predicted octanol–water partition coefficient (Wildman–Crippen LogP) is 3.53. The highest BCUT2D eigenvalue weighted by atomic mass is 14.7. The van der Waals surface area contributed by atoms with Crippen molar-refractivity contribution in [1.29, 1.82) is 0 Å². The summed E-state index contributed by atoms with van der Waals surface area (Å²) in [7, 11) is 0. The number of rotatable bonds is 6. The maximum absolute atomic E-state index is 6.42. The van der Waals surface area contributed by atoms with E-state index in [1.165, 1.54) is 18.4 Å². The standard InChI is InChI=1S/C14H23N/c1-3-5-11-14(15,4-2)12-13-9-7-6-8-10-13/h6-10H,3-5,11-12,15H2,1-2H3. The van der Waals surface area contributed by atoms with Crippen LogP contribution in [0.3, 0.4) is 0 Å². The maximum atomic E-state index is 6.42. The molecule has 1 rings (SSSR count). The summed E-state index contributed by atoms with van der Waals surface area (Å²) in [5, 5.41) is 0. The van der Waals surface area contributed by atoms with Gasteiger partial charge < -0.3 is 5.73 Å². The average molecular weight is 205 g/mol. The molecular weight excluding hydrogens is 182 g/mol. The van der Waals surface area contributed by atoms with Crippen molar-refractivity contribution >= 4 is 0 Å². The first-order valence-corrected chi connectivity index (χ1v) is 6.03. The molecule has 0 saturated heterocycles. The summed E-state index contributed by atoms with van der Waals surface area (Å²) >= 11 is 0. The zero-order chi connectivity index (χ0) is 11.1. The molecule has 0 radical (unpaired) electrons. The summed E-state index contributed by atoms with van der Waals surface area (Å²) in [5.74, 6) is 0. The molecule has 0 aliphatic heterocycles. The van der Waals surface area contributed by atoms with Crippen LogP contribution >= 0.6 is 0 Å². The molecule has 0 heterocycles. The van der Waals surface area contributed by atoms with Gasteiger partial charge in [-0.25, -0.2) is 0 Å². The number of hydrogen-bond donors (Lipinski definition) is 1. The topological polar surface area (TPSA) is 26.0 Å². The van der Waals surface area contributed by atoms with Crippen molar-refractivity contribution in [1.82, 2.24) is 0 Å². The van der Waals surface area contributed by atoms with E-state index in [-0.39, 0.29) is 5.54 Å². The number of hydrogen-bond acceptors (Lipinski definition) is 1. The fourth-order valence-electron chi connectivity index (χ4n) is 1.92. The third-order valence-electron chi connectivity index (χ3n) is 3.13. The molecule has 0 aromatic heterocycles. The van der Waals surface area contributed by atoms with Gasteiger partial charge in [0.15, 0.2) is 0 Å². The quantitative estimate of drug-likeness (QED) is 0.755. The van der Waals surface area contributed by atoms with Crippen molar-refractivity contribution in [2.24, 2.45) is 5.73 Å². The van der Waals surface area contributed by atoms with E-state index in [0.717, 1.165) is 19.3 Å². The van der Waals surface area contributed by atoms with Crippen LogP contribution in [0.5, 0.6) is 0 Å². The third-order valence-corrected chi connectivity index (χ3v) is 3.13. The average Bonchev–Trinajstić information content (AvgIpc) is 2.28. The van der Waals surface area contributed by atoms with Crippen LogP contribution in [0.25, 0.3) is 0 Å². The zero-order valence-corrected chi connectivity index (χ0v) is 10.00. The molecule has 0 aliphatic rings. The lowest BCUT2D eigenvalue weighted by Crippen LogP contribution is -2.41. The van der Waals surface area contributed by atoms with Gasteiger partial charge in [0.25, 0.3) is 0 Å². The fourth-order valence-corrected chi connectivity index (χ4v) is 1.92. The SMILES string of the molecule is CCCCC(N)(CC)Cc1ccccc1. The van der Waals surface area contributed by atoms with Crippen LogP contribution in [-0.4, -0.2) is 5.54 Å². The molecule has 0 aliphatic carbocycles. The molecule has 1 aromatic carbocycles. The normalized spacial score (nSPS) is 14.9. The fraction of sp³-hybridized carbons (Fsp3) is 0.571. The van der Waals surface area contributed by atoms with E-state index < -0.39 is 0 Å². The molecule has 1 nitrogen and oxygen atoms in total. The van der Waals surface area contributed by atoms with E-state index in [1.807, 2.05) is 0 Å². The van der Waals surface area contributed by atoms with Crippen LogP contribution in [0.15, 0.2) is 30.3 Å². The van der Waals surface area contributed by atoms with Crippen molar-refractivity contribution in [2.45, 2.75) is 51.5 Å². The Balaban J connectivity index is 2.59. The first-order valence-electron chi connectivity index (χ1n) is 6.03. The van der Waals surface area contributed by atoms with Crippen molar-refractivity contribution in [3.05, 3.63) is 35.9 Å². The van der Waals surface area contributed by atoms with Crippen molar-refractivity contribution in [2.75, 3.05) is 0 Å². The Kier molecular flexibility index (Phi) is 4.83. The highest BCUT2D eigenvalue weighted by Crippen LogP contribution is 2.20. The minimum absolute atomic E-state index is 0.00262. The summed E-state index contributed by atoms with van der Waals surface area (Å²) in [5.41, 5.74) is 7.77. The first-order chi connectivity index (χ1) is 7.20. The second-order valence-electron chi connectivity index (χ2n) is 4.48. The Hall–Kier alpha value is -0.820. The first kappa shape index (κ1) is 12.3. The Morgan fingerprint density at radius 3 is 2.33 bits per heavy atom. The lowest BCUT2D eigenvalue weighted by molar-refractivity contribution is 0.365. The number of nitrogens with two attached hydrogens (primary N) is 1. The van der Waals surface area contributed by atoms with E-state index in [0.29, 0.717) is 0 Å². The molecular formula is C14H23N. The summed E-state index contributed by atoms with van der Waals surface area (Å²) in [6.45, 7) is 4.41. The van der Waals surface area contributed by atoms with Crippen LogP contribution in [0, 0.1) is 0 Å². The van der Waals surface area contributed by atoms with E-state index in [2.05, 4.69) is 44.2 Å². The van der Waals surface area contributed by atoms with Crippen LogP contribution in [0.4, 0.5) is 0 Å². The number of unbranched alkanes of at least 4 members (excludes halogenated alkanes) is 1. The molecule has 1 atom stereocenters. The molecule has 84 valence electrons. The van der Waals surface area contributed by atoms with Gasteiger partial charge in [-0.3, -0.25) is 0 Å². The molecule has 15 heavy (non-hydrogen) atoms. The smallest absolute Gasteiger partial charge is 0.0192 e. The van der Waals surface area contributed by atoms with Gasteiger partial charge in [-0.1, -0.05) is 57.0 Å². The van der Waals surface area contributed by atoms with Crippen LogP contribution in [-0.2, 0) is 6.42 Å². The van der Waals surface area contributed by atoms with Gasteiger partial charge in [-0.05, 0) is 24.8 Å². The summed E-state index contributed by atoms with van der Waals surface area (Å²) in [6, 6.07) is 10.6. The Morgan fingerprint density at radius 1 is 1.13 bits per heavy atom. The van der Waals surface area contributed by atoms with E-state index >= 15 is 0 Å². The zero-order valence-electron chi connectivity index (χ0n) is 10.00. The summed E-state index contributed by atoms with van der Waals surface area (Å²) in [6.07, 6.45) is 5.66. The molecule has 0 amide bonds. The molecule has 1 aromatic rings. The second kappa shape index (κ2) is 5.92. The van der Waals surface area contributed by atoms with Crippen LogP contribution < -0.4 is 5.73 Å².